The van der Waals surface area contributed by atoms with Crippen LogP contribution < -0.4 is 32.5 Å². The minimum absolute atomic E-state index is 0.00499. The van der Waals surface area contributed by atoms with Gasteiger partial charge in [0.15, 0.2) is 0 Å². The molecule has 0 spiro atoms. The second kappa shape index (κ2) is 10.3. The Morgan fingerprint density at radius 2 is 1.83 bits per heavy atom. The molecule has 162 valence electrons. The minimum atomic E-state index is -0.663. The Kier molecular flexibility index (Phi) is 7.79. The third-order valence-corrected chi connectivity index (χ3v) is 4.65. The van der Waals surface area contributed by atoms with E-state index in [1.807, 2.05) is 13.0 Å². The lowest BCUT2D eigenvalue weighted by molar-refractivity contribution is -0.118. The number of hydrogen-bond acceptors (Lipinski definition) is 6. The number of carbonyl (C=O) groups excluding carboxylic acids is 2. The second-order valence-electron chi connectivity index (χ2n) is 6.95. The van der Waals surface area contributed by atoms with Gasteiger partial charge in [-0.2, -0.15) is 0 Å². The Labute approximate surface area is 174 Å². The topological polar surface area (TPSA) is 148 Å². The van der Waals surface area contributed by atoms with Crippen molar-refractivity contribution < 1.29 is 9.59 Å². The lowest BCUT2D eigenvalue weighted by Crippen LogP contribution is -2.43. The van der Waals surface area contributed by atoms with Crippen LogP contribution in [-0.4, -0.2) is 41.5 Å². The van der Waals surface area contributed by atoms with Crippen molar-refractivity contribution >= 4 is 29.0 Å². The van der Waals surface area contributed by atoms with E-state index in [-0.39, 0.29) is 36.9 Å². The normalized spacial score (nSPS) is 10.6. The van der Waals surface area contributed by atoms with Crippen molar-refractivity contribution in [3.05, 3.63) is 51.2 Å². The average Bonchev–Trinajstić information content (AvgIpc) is 2.68. The van der Waals surface area contributed by atoms with Gasteiger partial charge in [0.1, 0.15) is 11.5 Å². The predicted molar refractivity (Wildman–Crippen MR) is 117 cm³/mol. The van der Waals surface area contributed by atoms with Gasteiger partial charge >= 0.3 is 5.69 Å². The van der Waals surface area contributed by atoms with E-state index in [1.165, 1.54) is 14.4 Å². The molecule has 0 radical (unpaired) electrons. The molecule has 1 aromatic carbocycles. The van der Waals surface area contributed by atoms with E-state index in [2.05, 4.69) is 4.98 Å². The number of primary amides is 1. The summed E-state index contributed by atoms with van der Waals surface area (Å²) < 4.78 is 1.29. The number of nitrogen functional groups attached to an aromatic ring is 1. The Morgan fingerprint density at radius 3 is 2.43 bits per heavy atom. The molecule has 2 rings (SSSR count). The van der Waals surface area contributed by atoms with Gasteiger partial charge in [0.25, 0.3) is 5.56 Å². The number of carbonyl (C=O) groups is 2. The van der Waals surface area contributed by atoms with Crippen LogP contribution in [0.2, 0.25) is 0 Å². The van der Waals surface area contributed by atoms with Crippen molar-refractivity contribution in [1.29, 1.82) is 0 Å². The number of aromatic amines is 1. The van der Waals surface area contributed by atoms with Crippen molar-refractivity contribution in [2.45, 2.75) is 32.7 Å². The number of para-hydroxylation sites is 1. The first-order chi connectivity index (χ1) is 14.3. The Bertz CT molecular complexity index is 999. The van der Waals surface area contributed by atoms with E-state index >= 15 is 0 Å². The molecule has 0 saturated carbocycles. The summed E-state index contributed by atoms with van der Waals surface area (Å²) in [5.74, 6) is -0.869. The monoisotopic (exact) mass is 416 g/mol. The van der Waals surface area contributed by atoms with Gasteiger partial charge in [-0.15, -0.1) is 0 Å². The smallest absolute Gasteiger partial charge is 0.330 e. The molecule has 10 nitrogen and oxygen atoms in total. The molecule has 0 fully saturated rings. The van der Waals surface area contributed by atoms with E-state index in [1.54, 1.807) is 31.3 Å². The van der Waals surface area contributed by atoms with E-state index < -0.39 is 17.2 Å². The van der Waals surface area contributed by atoms with Crippen LogP contribution in [-0.2, 0) is 16.1 Å². The number of nitrogens with zero attached hydrogens (tertiary/aromatic N) is 3. The maximum atomic E-state index is 13.0. The molecule has 0 aliphatic heterocycles. The number of benzene rings is 1. The first kappa shape index (κ1) is 22.7. The summed E-state index contributed by atoms with van der Waals surface area (Å²) in [5, 5.41) is 0. The number of aromatic nitrogens is 2. The third kappa shape index (κ3) is 5.49. The molecule has 10 heteroatoms. The Morgan fingerprint density at radius 1 is 1.17 bits per heavy atom. The van der Waals surface area contributed by atoms with Gasteiger partial charge < -0.3 is 21.3 Å². The van der Waals surface area contributed by atoms with Gasteiger partial charge in [-0.05, 0) is 18.6 Å². The van der Waals surface area contributed by atoms with Crippen LogP contribution in [0.1, 0.15) is 26.2 Å². The van der Waals surface area contributed by atoms with Crippen molar-refractivity contribution in [1.82, 2.24) is 9.55 Å². The summed E-state index contributed by atoms with van der Waals surface area (Å²) in [6.07, 6.45) is 1.56. The molecular weight excluding hydrogens is 388 g/mol. The van der Waals surface area contributed by atoms with E-state index in [9.17, 15) is 19.2 Å². The summed E-state index contributed by atoms with van der Waals surface area (Å²) in [6.45, 7) is 2.26. The van der Waals surface area contributed by atoms with Crippen LogP contribution in [0.5, 0.6) is 0 Å². The zero-order valence-corrected chi connectivity index (χ0v) is 17.3. The van der Waals surface area contributed by atoms with Crippen LogP contribution in [0, 0.1) is 0 Å². The quantitative estimate of drug-likeness (QED) is 0.506. The largest absolute Gasteiger partial charge is 0.383 e. The fourth-order valence-corrected chi connectivity index (χ4v) is 3.08. The zero-order chi connectivity index (χ0) is 22.3. The highest BCUT2D eigenvalue weighted by Crippen LogP contribution is 2.18. The van der Waals surface area contributed by atoms with E-state index in [4.69, 9.17) is 11.5 Å². The van der Waals surface area contributed by atoms with E-state index in [0.717, 1.165) is 6.42 Å². The molecule has 0 unspecified atom stereocenters. The van der Waals surface area contributed by atoms with Gasteiger partial charge in [-0.25, -0.2) is 4.79 Å². The fraction of sp³-hybridized carbons (Fsp3) is 0.400. The highest BCUT2D eigenvalue weighted by atomic mass is 16.2. The molecule has 0 aliphatic carbocycles. The fourth-order valence-electron chi connectivity index (χ4n) is 3.08. The van der Waals surface area contributed by atoms with Gasteiger partial charge in [0.2, 0.25) is 11.8 Å². The van der Waals surface area contributed by atoms with Crippen molar-refractivity contribution in [3.8, 4) is 0 Å². The van der Waals surface area contributed by atoms with Gasteiger partial charge in [-0.3, -0.25) is 23.9 Å². The Balaban J connectivity index is 2.31. The maximum Gasteiger partial charge on any atom is 0.330 e. The molecule has 1 heterocycles. The van der Waals surface area contributed by atoms with Gasteiger partial charge in [-0.1, -0.05) is 31.5 Å². The van der Waals surface area contributed by atoms with Gasteiger partial charge in [0.05, 0.1) is 6.54 Å². The first-order valence-electron chi connectivity index (χ1n) is 9.73. The number of nitrogens with one attached hydrogen (secondary N) is 1. The molecule has 0 aliphatic rings. The number of hydrogen-bond donors (Lipinski definition) is 3. The molecular formula is C20H28N6O4. The summed E-state index contributed by atoms with van der Waals surface area (Å²) >= 11 is 0. The summed E-state index contributed by atoms with van der Waals surface area (Å²) in [7, 11) is 1.55. The second-order valence-corrected chi connectivity index (χ2v) is 6.95. The average molecular weight is 416 g/mol. The molecule has 1 aromatic heterocycles. The number of H-pyrrole nitrogens is 1. The lowest BCUT2D eigenvalue weighted by atomic mass is 10.2. The number of rotatable bonds is 10. The molecule has 0 bridgehead atoms. The maximum absolute atomic E-state index is 13.0. The van der Waals surface area contributed by atoms with Crippen molar-refractivity contribution in [2.75, 3.05) is 35.7 Å². The zero-order valence-electron chi connectivity index (χ0n) is 17.3. The highest BCUT2D eigenvalue weighted by Gasteiger charge is 2.22. The number of nitrogens with two attached hydrogens (primary N) is 2. The number of unbranched alkanes of at least 4 members (excludes halogenated alkanes) is 1. The number of anilines is 3. The van der Waals surface area contributed by atoms with Gasteiger partial charge in [0, 0.05) is 32.2 Å². The van der Waals surface area contributed by atoms with Crippen LogP contribution in [0.3, 0.4) is 0 Å². The van der Waals surface area contributed by atoms with Crippen LogP contribution >= 0.6 is 0 Å². The molecule has 5 N–H and O–H groups in total. The standard InChI is InChI=1S/C20H28N6O4/c1-3-4-11-26-18(22)17(19(29)23-20(26)30)24(2)13-16(28)25(12-10-15(21)27)14-8-6-5-7-9-14/h5-9H,3-4,10-13,22H2,1-2H3,(H2,21,27)(H,23,29,30). The summed E-state index contributed by atoms with van der Waals surface area (Å²) in [4.78, 5) is 53.8. The lowest BCUT2D eigenvalue weighted by Gasteiger charge is -2.27. The van der Waals surface area contributed by atoms with Crippen molar-refractivity contribution in [3.63, 3.8) is 0 Å². The predicted octanol–water partition coefficient (Wildman–Crippen LogP) is 0.264. The third-order valence-electron chi connectivity index (χ3n) is 4.65. The van der Waals surface area contributed by atoms with E-state index in [0.29, 0.717) is 18.7 Å². The summed E-state index contributed by atoms with van der Waals surface area (Å²) in [5.41, 5.74) is 10.7. The highest BCUT2D eigenvalue weighted by molar-refractivity contribution is 5.97. The minimum Gasteiger partial charge on any atom is -0.383 e. The van der Waals surface area contributed by atoms with Crippen molar-refractivity contribution in [2.24, 2.45) is 5.73 Å². The molecule has 30 heavy (non-hydrogen) atoms. The molecule has 2 amide bonds. The number of amides is 2. The summed E-state index contributed by atoms with van der Waals surface area (Å²) in [6, 6.07) is 8.84. The molecule has 0 saturated heterocycles. The molecule has 2 aromatic rings. The number of likely N-dealkylation sites (N-methyl/N-ethyl adjacent to an activating group) is 1. The van der Waals surface area contributed by atoms with Crippen LogP contribution in [0.4, 0.5) is 17.2 Å². The SMILES string of the molecule is CCCCn1c(N)c(N(C)CC(=O)N(CCC(N)=O)c2ccccc2)c(=O)[nH]c1=O. The van der Waals surface area contributed by atoms with Crippen LogP contribution in [0.15, 0.2) is 39.9 Å². The first-order valence-corrected chi connectivity index (χ1v) is 9.73. The molecule has 0 atom stereocenters. The van der Waals surface area contributed by atoms with Crippen LogP contribution in [0.25, 0.3) is 0 Å². The Hall–Kier alpha value is -3.56.